The molecule has 1 aromatic rings. The minimum Gasteiger partial charge on any atom is -0.459 e. The first kappa shape index (κ1) is 15.0. The van der Waals surface area contributed by atoms with Crippen LogP contribution in [0.5, 0.6) is 0 Å². The summed E-state index contributed by atoms with van der Waals surface area (Å²) in [7, 11) is 0. The largest absolute Gasteiger partial charge is 0.459 e. The predicted molar refractivity (Wildman–Crippen MR) is 81.3 cm³/mol. The Morgan fingerprint density at radius 3 is 2.89 bits per heavy atom. The molecule has 1 saturated heterocycles. The lowest BCUT2D eigenvalue weighted by molar-refractivity contribution is -0.160. The Morgan fingerprint density at radius 1 is 1.58 bits per heavy atom. The number of hydrogen-bond acceptors (Lipinski definition) is 4. The van der Waals surface area contributed by atoms with Gasteiger partial charge in [-0.2, -0.15) is 0 Å². The van der Waals surface area contributed by atoms with Gasteiger partial charge in [0.05, 0.1) is 0 Å². The van der Waals surface area contributed by atoms with Gasteiger partial charge in [-0.05, 0) is 62.2 Å². The highest BCUT2D eigenvalue weighted by Gasteiger charge is 2.34. The van der Waals surface area contributed by atoms with Crippen molar-refractivity contribution in [3.05, 3.63) is 20.8 Å². The Hall–Kier alpha value is -0.390. The summed E-state index contributed by atoms with van der Waals surface area (Å²) in [5.41, 5.74) is -0.405. The van der Waals surface area contributed by atoms with Crippen molar-refractivity contribution in [2.45, 2.75) is 51.8 Å². The average Bonchev–Trinajstić information content (AvgIpc) is 2.86. The van der Waals surface area contributed by atoms with Crippen molar-refractivity contribution in [1.29, 1.82) is 0 Å². The molecule has 1 aromatic heterocycles. The van der Waals surface area contributed by atoms with Gasteiger partial charge in [-0.1, -0.05) is 0 Å². The fourth-order valence-electron chi connectivity index (χ4n) is 2.29. The summed E-state index contributed by atoms with van der Waals surface area (Å²) in [5, 5.41) is 2.08. The lowest BCUT2D eigenvalue weighted by Crippen LogP contribution is -2.39. The van der Waals surface area contributed by atoms with Crippen LogP contribution in [0.1, 0.15) is 38.5 Å². The minimum absolute atomic E-state index is 0.0828. The number of esters is 1. The first-order valence-electron chi connectivity index (χ1n) is 6.55. The zero-order valence-corrected chi connectivity index (χ0v) is 14.0. The van der Waals surface area contributed by atoms with Crippen LogP contribution in [0.4, 0.5) is 0 Å². The van der Waals surface area contributed by atoms with Crippen molar-refractivity contribution in [3.8, 4) is 0 Å². The molecule has 0 spiro atoms. The van der Waals surface area contributed by atoms with Crippen LogP contribution in [-0.2, 0) is 16.1 Å². The molecule has 19 heavy (non-hydrogen) atoms. The zero-order valence-electron chi connectivity index (χ0n) is 11.6. The molecule has 1 aliphatic rings. The van der Waals surface area contributed by atoms with Crippen molar-refractivity contribution in [3.63, 3.8) is 0 Å². The van der Waals surface area contributed by atoms with Gasteiger partial charge in [0.1, 0.15) is 11.6 Å². The van der Waals surface area contributed by atoms with Crippen molar-refractivity contribution in [2.75, 3.05) is 6.54 Å². The van der Waals surface area contributed by atoms with Crippen molar-refractivity contribution < 1.29 is 9.53 Å². The molecule has 1 aliphatic heterocycles. The summed E-state index contributed by atoms with van der Waals surface area (Å²) in [6.07, 6.45) is 1.97. The molecular weight excluding hydrogens is 326 g/mol. The molecule has 0 saturated carbocycles. The standard InChI is InChI=1S/C14H20BrNO2S/c1-14(2,3)18-13(17)12-5-4-6-16(12)8-11-7-10(15)9-19-11/h7,9,12H,4-6,8H2,1-3H3/t12-/m0/s1. The van der Waals surface area contributed by atoms with E-state index in [9.17, 15) is 4.79 Å². The number of carbonyl (C=O) groups is 1. The van der Waals surface area contributed by atoms with E-state index >= 15 is 0 Å². The van der Waals surface area contributed by atoms with Gasteiger partial charge in [0, 0.05) is 21.3 Å². The molecule has 0 amide bonds. The Bertz CT molecular complexity index is 453. The van der Waals surface area contributed by atoms with E-state index in [1.165, 1.54) is 4.88 Å². The fourth-order valence-corrected chi connectivity index (χ4v) is 3.76. The first-order chi connectivity index (χ1) is 8.85. The van der Waals surface area contributed by atoms with Gasteiger partial charge in [-0.25, -0.2) is 0 Å². The zero-order chi connectivity index (χ0) is 14.0. The molecule has 2 rings (SSSR count). The highest BCUT2D eigenvalue weighted by atomic mass is 79.9. The van der Waals surface area contributed by atoms with E-state index in [4.69, 9.17) is 4.74 Å². The van der Waals surface area contributed by atoms with Crippen LogP contribution in [0.25, 0.3) is 0 Å². The maximum atomic E-state index is 12.2. The highest BCUT2D eigenvalue weighted by Crippen LogP contribution is 2.26. The van der Waals surface area contributed by atoms with Crippen LogP contribution in [0.3, 0.4) is 0 Å². The Morgan fingerprint density at radius 2 is 2.32 bits per heavy atom. The second-order valence-corrected chi connectivity index (χ2v) is 7.80. The molecular formula is C14H20BrNO2S. The van der Waals surface area contributed by atoms with Crippen LogP contribution in [0.15, 0.2) is 15.9 Å². The number of hydrogen-bond donors (Lipinski definition) is 0. The number of rotatable bonds is 3. The lowest BCUT2D eigenvalue weighted by Gasteiger charge is -2.27. The number of ether oxygens (including phenoxy) is 1. The fraction of sp³-hybridized carbons (Fsp3) is 0.643. The summed E-state index contributed by atoms with van der Waals surface area (Å²) < 4.78 is 6.62. The summed E-state index contributed by atoms with van der Waals surface area (Å²) in [4.78, 5) is 15.7. The number of likely N-dealkylation sites (tertiary alicyclic amines) is 1. The maximum Gasteiger partial charge on any atom is 0.323 e. The molecule has 0 aromatic carbocycles. The van der Waals surface area contributed by atoms with E-state index in [0.29, 0.717) is 0 Å². The molecule has 1 fully saturated rings. The second-order valence-electron chi connectivity index (χ2n) is 5.89. The lowest BCUT2D eigenvalue weighted by atomic mass is 10.1. The SMILES string of the molecule is CC(C)(C)OC(=O)[C@@H]1CCCN1Cc1cc(Br)cs1. The van der Waals surface area contributed by atoms with Crippen LogP contribution in [0, 0.1) is 0 Å². The van der Waals surface area contributed by atoms with Gasteiger partial charge in [0.25, 0.3) is 0 Å². The van der Waals surface area contributed by atoms with Crippen LogP contribution in [0.2, 0.25) is 0 Å². The molecule has 0 radical (unpaired) electrons. The van der Waals surface area contributed by atoms with Gasteiger partial charge < -0.3 is 4.74 Å². The molecule has 0 bridgehead atoms. The van der Waals surface area contributed by atoms with E-state index in [1.807, 2.05) is 20.8 Å². The van der Waals surface area contributed by atoms with Gasteiger partial charge in [0.15, 0.2) is 0 Å². The summed E-state index contributed by atoms with van der Waals surface area (Å²) in [6, 6.07) is 2.04. The number of thiophene rings is 1. The molecule has 1 atom stereocenters. The molecule has 0 aliphatic carbocycles. The molecule has 0 N–H and O–H groups in total. The van der Waals surface area contributed by atoms with Crippen molar-refractivity contribution in [1.82, 2.24) is 4.90 Å². The normalized spacial score (nSPS) is 20.7. The molecule has 5 heteroatoms. The Labute approximate surface area is 127 Å². The van der Waals surface area contributed by atoms with Gasteiger partial charge in [0.2, 0.25) is 0 Å². The van der Waals surface area contributed by atoms with E-state index in [2.05, 4.69) is 32.3 Å². The van der Waals surface area contributed by atoms with Crippen LogP contribution < -0.4 is 0 Å². The van der Waals surface area contributed by atoms with E-state index < -0.39 is 5.60 Å². The second kappa shape index (κ2) is 5.94. The topological polar surface area (TPSA) is 29.5 Å². The monoisotopic (exact) mass is 345 g/mol. The summed E-state index contributed by atoms with van der Waals surface area (Å²) in [5.74, 6) is -0.0828. The smallest absolute Gasteiger partial charge is 0.323 e. The molecule has 3 nitrogen and oxygen atoms in total. The number of halogens is 1. The Balaban J connectivity index is 1.98. The minimum atomic E-state index is -0.405. The average molecular weight is 346 g/mol. The third kappa shape index (κ3) is 4.29. The quantitative estimate of drug-likeness (QED) is 0.780. The van der Waals surface area contributed by atoms with Crippen molar-refractivity contribution in [2.24, 2.45) is 0 Å². The predicted octanol–water partition coefficient (Wildman–Crippen LogP) is 3.82. The molecule has 2 heterocycles. The van der Waals surface area contributed by atoms with Gasteiger partial charge in [-0.15, -0.1) is 11.3 Å². The maximum absolute atomic E-state index is 12.2. The van der Waals surface area contributed by atoms with Crippen LogP contribution in [-0.4, -0.2) is 29.1 Å². The van der Waals surface area contributed by atoms with E-state index in [1.54, 1.807) is 11.3 Å². The highest BCUT2D eigenvalue weighted by molar-refractivity contribution is 9.10. The number of nitrogens with zero attached hydrogens (tertiary/aromatic N) is 1. The number of carbonyl (C=O) groups excluding carboxylic acids is 1. The molecule has 0 unspecified atom stereocenters. The first-order valence-corrected chi connectivity index (χ1v) is 8.22. The Kier molecular flexibility index (Phi) is 4.69. The van der Waals surface area contributed by atoms with Gasteiger partial charge >= 0.3 is 5.97 Å². The third-order valence-corrected chi connectivity index (χ3v) is 4.71. The van der Waals surface area contributed by atoms with E-state index in [-0.39, 0.29) is 12.0 Å². The molecule has 106 valence electrons. The summed E-state index contributed by atoms with van der Waals surface area (Å²) >= 11 is 5.19. The van der Waals surface area contributed by atoms with Gasteiger partial charge in [-0.3, -0.25) is 9.69 Å². The van der Waals surface area contributed by atoms with E-state index in [0.717, 1.165) is 30.4 Å². The third-order valence-electron chi connectivity index (χ3n) is 3.02. The summed E-state index contributed by atoms with van der Waals surface area (Å²) in [6.45, 7) is 7.56. The van der Waals surface area contributed by atoms with Crippen LogP contribution >= 0.6 is 27.3 Å². The van der Waals surface area contributed by atoms with Crippen molar-refractivity contribution >= 4 is 33.2 Å².